The van der Waals surface area contributed by atoms with Crippen molar-refractivity contribution in [1.29, 1.82) is 0 Å². The molecule has 18 heavy (non-hydrogen) atoms. The van der Waals surface area contributed by atoms with Crippen LogP contribution < -0.4 is 10.6 Å². The van der Waals surface area contributed by atoms with Crippen LogP contribution in [0, 0.1) is 11.8 Å². The lowest BCUT2D eigenvalue weighted by Gasteiger charge is -2.08. The van der Waals surface area contributed by atoms with Gasteiger partial charge in [0.1, 0.15) is 5.37 Å². The summed E-state index contributed by atoms with van der Waals surface area (Å²) in [5, 5.41) is 4.02. The highest BCUT2D eigenvalue weighted by molar-refractivity contribution is 7.81. The summed E-state index contributed by atoms with van der Waals surface area (Å²) in [5.74, 6) is 4.31. The van der Waals surface area contributed by atoms with Crippen molar-refractivity contribution in [3.8, 4) is 11.8 Å². The van der Waals surface area contributed by atoms with Crippen molar-refractivity contribution in [1.82, 2.24) is 10.6 Å². The fourth-order valence-corrected chi connectivity index (χ4v) is 1.25. The SMILES string of the molecule is CCCCCCOC(=O)NC(S)C#CC(=O)NC. The van der Waals surface area contributed by atoms with Gasteiger partial charge < -0.3 is 10.1 Å². The molecule has 0 radical (unpaired) electrons. The van der Waals surface area contributed by atoms with Gasteiger partial charge in [-0.05, 0) is 12.3 Å². The molecular formula is C12H20N2O3S. The summed E-state index contributed by atoms with van der Waals surface area (Å²) in [5.41, 5.74) is 0. The van der Waals surface area contributed by atoms with Crippen LogP contribution in [0.2, 0.25) is 0 Å². The standard InChI is InChI=1S/C12H20N2O3S/c1-3-4-5-6-9-17-12(16)14-11(18)8-7-10(15)13-2/h11,18H,3-6,9H2,1-2H3,(H,13,15)(H,14,16). The highest BCUT2D eigenvalue weighted by Crippen LogP contribution is 1.99. The molecule has 0 aromatic heterocycles. The quantitative estimate of drug-likeness (QED) is 0.295. The fourth-order valence-electron chi connectivity index (χ4n) is 1.08. The van der Waals surface area contributed by atoms with Gasteiger partial charge in [-0.2, -0.15) is 0 Å². The summed E-state index contributed by atoms with van der Waals surface area (Å²) < 4.78 is 4.93. The molecule has 1 atom stereocenters. The van der Waals surface area contributed by atoms with Crippen molar-refractivity contribution in [2.24, 2.45) is 0 Å². The first kappa shape index (κ1) is 16.6. The van der Waals surface area contributed by atoms with Gasteiger partial charge in [-0.3, -0.25) is 10.1 Å². The van der Waals surface area contributed by atoms with Crippen molar-refractivity contribution in [3.63, 3.8) is 0 Å². The van der Waals surface area contributed by atoms with Crippen molar-refractivity contribution >= 4 is 24.6 Å². The average Bonchev–Trinajstić information content (AvgIpc) is 2.35. The minimum Gasteiger partial charge on any atom is -0.450 e. The first-order chi connectivity index (χ1) is 8.60. The lowest BCUT2D eigenvalue weighted by molar-refractivity contribution is -0.115. The number of unbranched alkanes of at least 4 members (excludes halogenated alkanes) is 3. The second-order valence-corrected chi connectivity index (χ2v) is 4.11. The Morgan fingerprint density at radius 1 is 1.33 bits per heavy atom. The van der Waals surface area contributed by atoms with Crippen LogP contribution in [0.5, 0.6) is 0 Å². The molecule has 0 aliphatic heterocycles. The Bertz CT molecular complexity index is 323. The Morgan fingerprint density at radius 2 is 2.06 bits per heavy atom. The number of hydrogen-bond donors (Lipinski definition) is 3. The van der Waals surface area contributed by atoms with E-state index in [4.69, 9.17) is 4.74 Å². The summed E-state index contributed by atoms with van der Waals surface area (Å²) in [7, 11) is 1.47. The zero-order chi connectivity index (χ0) is 13.8. The van der Waals surface area contributed by atoms with Crippen LogP contribution >= 0.6 is 12.6 Å². The molecule has 1 unspecified atom stereocenters. The van der Waals surface area contributed by atoms with Gasteiger partial charge in [0.15, 0.2) is 0 Å². The minimum atomic E-state index is -0.717. The van der Waals surface area contributed by atoms with E-state index >= 15 is 0 Å². The number of ether oxygens (including phenoxy) is 1. The van der Waals surface area contributed by atoms with Gasteiger partial charge in [0, 0.05) is 7.05 Å². The van der Waals surface area contributed by atoms with E-state index in [2.05, 4.69) is 42.0 Å². The molecule has 0 bridgehead atoms. The maximum atomic E-state index is 11.2. The highest BCUT2D eigenvalue weighted by Gasteiger charge is 2.05. The number of alkyl carbamates (subject to hydrolysis) is 1. The number of carbonyl (C=O) groups excluding carboxylic acids is 2. The second kappa shape index (κ2) is 10.8. The van der Waals surface area contributed by atoms with E-state index in [1.54, 1.807) is 0 Å². The molecule has 0 saturated heterocycles. The molecule has 0 rings (SSSR count). The number of nitrogens with one attached hydrogen (secondary N) is 2. The number of hydrogen-bond acceptors (Lipinski definition) is 4. The first-order valence-electron chi connectivity index (χ1n) is 5.94. The molecular weight excluding hydrogens is 252 g/mol. The Hall–Kier alpha value is -1.35. The minimum absolute atomic E-state index is 0.384. The number of thiol groups is 1. The average molecular weight is 272 g/mol. The smallest absolute Gasteiger partial charge is 0.408 e. The molecule has 0 aromatic rings. The molecule has 5 nitrogen and oxygen atoms in total. The van der Waals surface area contributed by atoms with Crippen LogP contribution in [0.25, 0.3) is 0 Å². The maximum Gasteiger partial charge on any atom is 0.408 e. The third-order valence-corrected chi connectivity index (χ3v) is 2.29. The van der Waals surface area contributed by atoms with E-state index in [1.165, 1.54) is 7.05 Å². The van der Waals surface area contributed by atoms with Crippen LogP contribution in [0.3, 0.4) is 0 Å². The van der Waals surface area contributed by atoms with E-state index < -0.39 is 17.4 Å². The topological polar surface area (TPSA) is 67.4 Å². The van der Waals surface area contributed by atoms with Crippen molar-refractivity contribution in [3.05, 3.63) is 0 Å². The van der Waals surface area contributed by atoms with Crippen LogP contribution in [0.1, 0.15) is 32.6 Å². The normalized spacial score (nSPS) is 10.8. The molecule has 2 N–H and O–H groups in total. The van der Waals surface area contributed by atoms with Crippen molar-refractivity contribution in [2.45, 2.75) is 38.0 Å². The van der Waals surface area contributed by atoms with Gasteiger partial charge in [-0.1, -0.05) is 32.1 Å². The third kappa shape index (κ3) is 9.85. The fraction of sp³-hybridized carbons (Fsp3) is 0.667. The molecule has 0 heterocycles. The lowest BCUT2D eigenvalue weighted by atomic mass is 10.2. The Morgan fingerprint density at radius 3 is 2.67 bits per heavy atom. The van der Waals surface area contributed by atoms with E-state index in [9.17, 15) is 9.59 Å². The predicted octanol–water partition coefficient (Wildman–Crippen LogP) is 1.30. The Labute approximate surface area is 113 Å². The molecule has 0 aromatic carbocycles. The number of carbonyl (C=O) groups is 2. The second-order valence-electron chi connectivity index (χ2n) is 3.59. The predicted molar refractivity (Wildman–Crippen MR) is 73.2 cm³/mol. The van der Waals surface area contributed by atoms with E-state index in [1.807, 2.05) is 0 Å². The van der Waals surface area contributed by atoms with E-state index in [-0.39, 0.29) is 0 Å². The molecule has 0 fully saturated rings. The molecule has 0 aliphatic carbocycles. The molecule has 6 heteroatoms. The first-order valence-corrected chi connectivity index (χ1v) is 6.46. The van der Waals surface area contributed by atoms with E-state index in [0.717, 1.165) is 25.7 Å². The number of rotatable bonds is 6. The van der Waals surface area contributed by atoms with Gasteiger partial charge >= 0.3 is 6.09 Å². The number of amides is 2. The third-order valence-electron chi connectivity index (χ3n) is 2.04. The van der Waals surface area contributed by atoms with Crippen molar-refractivity contribution in [2.75, 3.05) is 13.7 Å². The molecule has 0 spiro atoms. The summed E-state index contributed by atoms with van der Waals surface area (Å²) in [4.78, 5) is 22.1. The van der Waals surface area contributed by atoms with Gasteiger partial charge in [-0.15, -0.1) is 12.6 Å². The lowest BCUT2D eigenvalue weighted by Crippen LogP contribution is -2.31. The zero-order valence-electron chi connectivity index (χ0n) is 10.8. The zero-order valence-corrected chi connectivity index (χ0v) is 11.7. The molecule has 0 saturated carbocycles. The van der Waals surface area contributed by atoms with Gasteiger partial charge in [0.2, 0.25) is 0 Å². The highest BCUT2D eigenvalue weighted by atomic mass is 32.1. The van der Waals surface area contributed by atoms with Crippen LogP contribution in [-0.4, -0.2) is 31.0 Å². The van der Waals surface area contributed by atoms with Crippen LogP contribution in [-0.2, 0) is 9.53 Å². The van der Waals surface area contributed by atoms with Gasteiger partial charge in [0.05, 0.1) is 6.61 Å². The summed E-state index contributed by atoms with van der Waals surface area (Å²) >= 11 is 4.00. The summed E-state index contributed by atoms with van der Waals surface area (Å²) in [6.45, 7) is 2.50. The van der Waals surface area contributed by atoms with Crippen LogP contribution in [0.15, 0.2) is 0 Å². The summed E-state index contributed by atoms with van der Waals surface area (Å²) in [6, 6.07) is 0. The largest absolute Gasteiger partial charge is 0.450 e. The van der Waals surface area contributed by atoms with Crippen LogP contribution in [0.4, 0.5) is 4.79 Å². The van der Waals surface area contributed by atoms with E-state index in [0.29, 0.717) is 6.61 Å². The molecule has 0 aliphatic rings. The van der Waals surface area contributed by atoms with Gasteiger partial charge in [-0.25, -0.2) is 4.79 Å². The molecule has 2 amide bonds. The Balaban J connectivity index is 3.73. The van der Waals surface area contributed by atoms with Gasteiger partial charge in [0.25, 0.3) is 5.91 Å². The monoisotopic (exact) mass is 272 g/mol. The Kier molecular flexibility index (Phi) is 9.97. The van der Waals surface area contributed by atoms with Crippen molar-refractivity contribution < 1.29 is 14.3 Å². The maximum absolute atomic E-state index is 11.2. The summed E-state index contributed by atoms with van der Waals surface area (Å²) in [6.07, 6.45) is 3.60. The molecule has 102 valence electrons.